The number of fused-ring (bicyclic) bond motifs is 3. The lowest BCUT2D eigenvalue weighted by molar-refractivity contribution is -0.142. The van der Waals surface area contributed by atoms with Crippen molar-refractivity contribution in [3.8, 4) is 34.1 Å². The number of nitrogens with one attached hydrogen (secondary N) is 1. The van der Waals surface area contributed by atoms with Crippen molar-refractivity contribution in [1.82, 2.24) is 10.2 Å². The number of benzene rings is 2. The van der Waals surface area contributed by atoms with Crippen LogP contribution in [0.3, 0.4) is 0 Å². The number of likely N-dealkylation sites (tertiary alicyclic amines) is 1. The fraction of sp³-hybridized carbons (Fsp3) is 0.464. The molecule has 1 aliphatic heterocycles. The van der Waals surface area contributed by atoms with E-state index in [1.807, 2.05) is 18.2 Å². The fourth-order valence-corrected chi connectivity index (χ4v) is 5.30. The Balaban J connectivity index is 1.71. The topological polar surface area (TPSA) is 103 Å². The molecule has 37 heavy (non-hydrogen) atoms. The Morgan fingerprint density at radius 1 is 0.919 bits per heavy atom. The predicted octanol–water partition coefficient (Wildman–Crippen LogP) is 3.67. The Bertz CT molecular complexity index is 1200. The highest BCUT2D eigenvalue weighted by Crippen LogP contribution is 2.50. The third kappa shape index (κ3) is 5.35. The van der Waals surface area contributed by atoms with Crippen molar-refractivity contribution in [2.24, 2.45) is 5.92 Å². The van der Waals surface area contributed by atoms with E-state index in [2.05, 4.69) is 5.32 Å². The molecular formula is C28H34N2O7. The lowest BCUT2D eigenvalue weighted by Crippen LogP contribution is -2.40. The molecule has 2 aromatic rings. The lowest BCUT2D eigenvalue weighted by Gasteiger charge is -2.30. The summed E-state index contributed by atoms with van der Waals surface area (Å²) in [5.74, 6) is 1.31. The summed E-state index contributed by atoms with van der Waals surface area (Å²) in [5, 5.41) is 3.05. The quantitative estimate of drug-likeness (QED) is 0.467. The van der Waals surface area contributed by atoms with Crippen molar-refractivity contribution in [3.05, 3.63) is 35.4 Å². The maximum atomic E-state index is 12.9. The highest BCUT2D eigenvalue weighted by molar-refractivity contribution is 5.84. The Labute approximate surface area is 217 Å². The van der Waals surface area contributed by atoms with Gasteiger partial charge in [0.1, 0.15) is 5.75 Å². The first-order valence-electron chi connectivity index (χ1n) is 12.5. The van der Waals surface area contributed by atoms with Crippen LogP contribution in [0.15, 0.2) is 24.3 Å². The van der Waals surface area contributed by atoms with Gasteiger partial charge in [-0.25, -0.2) is 0 Å². The summed E-state index contributed by atoms with van der Waals surface area (Å²) >= 11 is 0. The number of carbonyl (C=O) groups excluding carboxylic acids is 3. The molecule has 2 aromatic carbocycles. The number of rotatable bonds is 6. The SMILES string of the molecule is COc1cc2c(c(OC)c1OC)-c1ccc(OC(=O)C3CCN(C(C)=O)CC3)cc1[C@@H](NC(C)=O)CC2. The van der Waals surface area contributed by atoms with Crippen LogP contribution in [0.1, 0.15) is 50.3 Å². The van der Waals surface area contributed by atoms with Crippen molar-refractivity contribution < 1.29 is 33.3 Å². The number of nitrogens with zero attached hydrogens (tertiary/aromatic N) is 1. The Hall–Kier alpha value is -3.75. The zero-order valence-electron chi connectivity index (χ0n) is 22.0. The Morgan fingerprint density at radius 2 is 1.62 bits per heavy atom. The van der Waals surface area contributed by atoms with Crippen LogP contribution >= 0.6 is 0 Å². The number of piperidine rings is 1. The molecule has 1 atom stereocenters. The lowest BCUT2D eigenvalue weighted by atomic mass is 9.93. The molecule has 0 bridgehead atoms. The van der Waals surface area contributed by atoms with E-state index >= 15 is 0 Å². The highest BCUT2D eigenvalue weighted by atomic mass is 16.5. The summed E-state index contributed by atoms with van der Waals surface area (Å²) in [6, 6.07) is 7.13. The number of hydrogen-bond acceptors (Lipinski definition) is 7. The number of carbonyl (C=O) groups is 3. The van der Waals surface area contributed by atoms with Crippen LogP contribution in [-0.2, 0) is 20.8 Å². The van der Waals surface area contributed by atoms with Gasteiger partial charge in [-0.1, -0.05) is 6.07 Å². The van der Waals surface area contributed by atoms with Crippen molar-refractivity contribution in [2.75, 3.05) is 34.4 Å². The molecule has 0 saturated carbocycles. The van der Waals surface area contributed by atoms with Crippen molar-refractivity contribution in [3.63, 3.8) is 0 Å². The molecule has 4 rings (SSSR count). The molecule has 0 spiro atoms. The van der Waals surface area contributed by atoms with E-state index in [4.69, 9.17) is 18.9 Å². The summed E-state index contributed by atoms with van der Waals surface area (Å²) in [7, 11) is 4.73. The summed E-state index contributed by atoms with van der Waals surface area (Å²) in [6.45, 7) is 4.12. The van der Waals surface area contributed by atoms with Gasteiger partial charge in [0, 0.05) is 32.5 Å². The summed E-state index contributed by atoms with van der Waals surface area (Å²) in [6.07, 6.45) is 2.45. The monoisotopic (exact) mass is 510 g/mol. The zero-order valence-corrected chi connectivity index (χ0v) is 22.0. The van der Waals surface area contributed by atoms with Gasteiger partial charge in [0.15, 0.2) is 11.5 Å². The minimum absolute atomic E-state index is 0.0199. The largest absolute Gasteiger partial charge is 0.493 e. The van der Waals surface area contributed by atoms with Crippen molar-refractivity contribution >= 4 is 17.8 Å². The molecule has 9 heteroatoms. The van der Waals surface area contributed by atoms with Gasteiger partial charge in [-0.2, -0.15) is 0 Å². The van der Waals surface area contributed by atoms with Gasteiger partial charge in [0.25, 0.3) is 0 Å². The Morgan fingerprint density at radius 3 is 2.22 bits per heavy atom. The number of ether oxygens (including phenoxy) is 4. The van der Waals surface area contributed by atoms with Crippen molar-refractivity contribution in [1.29, 1.82) is 0 Å². The van der Waals surface area contributed by atoms with Crippen LogP contribution in [0.4, 0.5) is 0 Å². The van der Waals surface area contributed by atoms with Gasteiger partial charge in [0.05, 0.1) is 33.3 Å². The number of aryl methyl sites for hydroxylation is 1. The van der Waals surface area contributed by atoms with Crippen LogP contribution in [0.25, 0.3) is 11.1 Å². The predicted molar refractivity (Wildman–Crippen MR) is 137 cm³/mol. The molecule has 1 aliphatic carbocycles. The standard InChI is InChI=1S/C28H34N2O7/c1-16(31)29-23-9-6-19-14-24(34-3)26(35-4)27(36-5)25(19)21-8-7-20(15-22(21)23)37-28(33)18-10-12-30(13-11-18)17(2)32/h7-8,14-15,18,23H,6,9-13H2,1-5H3,(H,29,31)/t23-/m0/s1. The minimum Gasteiger partial charge on any atom is -0.493 e. The van der Waals surface area contributed by atoms with Crippen LogP contribution < -0.4 is 24.3 Å². The highest BCUT2D eigenvalue weighted by Gasteiger charge is 2.31. The maximum absolute atomic E-state index is 12.9. The first-order chi connectivity index (χ1) is 17.8. The molecule has 9 nitrogen and oxygen atoms in total. The summed E-state index contributed by atoms with van der Waals surface area (Å²) < 4.78 is 22.8. The van der Waals surface area contributed by atoms with Crippen LogP contribution in [0, 0.1) is 5.92 Å². The molecule has 0 aromatic heterocycles. The van der Waals surface area contributed by atoms with E-state index in [1.54, 1.807) is 39.2 Å². The second-order valence-electron chi connectivity index (χ2n) is 9.42. The molecule has 0 unspecified atom stereocenters. The molecule has 1 N–H and O–H groups in total. The fourth-order valence-electron chi connectivity index (χ4n) is 5.30. The second kappa shape index (κ2) is 11.1. The maximum Gasteiger partial charge on any atom is 0.314 e. The molecule has 2 amide bonds. The van der Waals surface area contributed by atoms with E-state index in [0.717, 1.165) is 22.3 Å². The van der Waals surface area contributed by atoms with Gasteiger partial charge >= 0.3 is 5.97 Å². The number of hydrogen-bond donors (Lipinski definition) is 1. The van der Waals surface area contributed by atoms with Gasteiger partial charge in [-0.15, -0.1) is 0 Å². The molecule has 0 radical (unpaired) electrons. The van der Waals surface area contributed by atoms with Gasteiger partial charge in [0.2, 0.25) is 17.6 Å². The zero-order chi connectivity index (χ0) is 26.7. The average Bonchev–Trinajstić information content (AvgIpc) is 3.03. The average molecular weight is 511 g/mol. The first kappa shape index (κ1) is 26.3. The van der Waals surface area contributed by atoms with Crippen LogP contribution in [0.2, 0.25) is 0 Å². The van der Waals surface area contributed by atoms with E-state index in [0.29, 0.717) is 61.8 Å². The van der Waals surface area contributed by atoms with Gasteiger partial charge < -0.3 is 29.2 Å². The second-order valence-corrected chi connectivity index (χ2v) is 9.42. The third-order valence-electron chi connectivity index (χ3n) is 7.15. The smallest absolute Gasteiger partial charge is 0.314 e. The molecule has 1 heterocycles. The normalized spacial score (nSPS) is 17.1. The molecule has 198 valence electrons. The first-order valence-corrected chi connectivity index (χ1v) is 12.5. The van der Waals surface area contributed by atoms with Crippen LogP contribution in [-0.4, -0.2) is 57.1 Å². The molecule has 1 fully saturated rings. The molecular weight excluding hydrogens is 476 g/mol. The summed E-state index contributed by atoms with van der Waals surface area (Å²) in [4.78, 5) is 38.4. The van der Waals surface area contributed by atoms with Gasteiger partial charge in [-0.3, -0.25) is 14.4 Å². The third-order valence-corrected chi connectivity index (χ3v) is 7.15. The van der Waals surface area contributed by atoms with Crippen molar-refractivity contribution in [2.45, 2.75) is 45.6 Å². The van der Waals surface area contributed by atoms with E-state index in [9.17, 15) is 14.4 Å². The van der Waals surface area contributed by atoms with E-state index < -0.39 is 0 Å². The minimum atomic E-state index is -0.308. The summed E-state index contributed by atoms with van der Waals surface area (Å²) in [5.41, 5.74) is 3.55. The molecule has 1 saturated heterocycles. The van der Waals surface area contributed by atoms with Gasteiger partial charge in [-0.05, 0) is 60.6 Å². The van der Waals surface area contributed by atoms with E-state index in [-0.39, 0.29) is 29.7 Å². The number of esters is 1. The number of amides is 2. The van der Waals surface area contributed by atoms with E-state index in [1.165, 1.54) is 6.92 Å². The Kier molecular flexibility index (Phi) is 7.90. The number of methoxy groups -OCH3 is 3. The molecule has 2 aliphatic rings. The van der Waals surface area contributed by atoms with Crippen LogP contribution in [0.5, 0.6) is 23.0 Å².